The molecule has 2 aromatic rings. The second-order valence-electron chi connectivity index (χ2n) is 5.65. The van der Waals surface area contributed by atoms with E-state index in [-0.39, 0.29) is 12.1 Å². The predicted molar refractivity (Wildman–Crippen MR) is 97.5 cm³/mol. The number of halogens is 1. The maximum atomic E-state index is 12.3. The zero-order valence-corrected chi connectivity index (χ0v) is 15.3. The van der Waals surface area contributed by atoms with Crippen molar-refractivity contribution >= 4 is 29.0 Å². The summed E-state index contributed by atoms with van der Waals surface area (Å²) in [7, 11) is 0. The van der Waals surface area contributed by atoms with Gasteiger partial charge in [0, 0.05) is 30.2 Å². The normalized spacial score (nSPS) is 17.3. The number of nitrogens with zero attached hydrogens (tertiary/aromatic N) is 2. The van der Waals surface area contributed by atoms with Gasteiger partial charge < -0.3 is 19.7 Å². The topological polar surface area (TPSA) is 63.7 Å². The van der Waals surface area contributed by atoms with E-state index in [0.29, 0.717) is 43.6 Å². The number of nitrogens with one attached hydrogen (secondary N) is 1. The van der Waals surface area contributed by atoms with Crippen LogP contribution in [0.5, 0.6) is 5.75 Å². The first-order valence-electron chi connectivity index (χ1n) is 8.11. The van der Waals surface area contributed by atoms with Crippen molar-refractivity contribution in [3.63, 3.8) is 0 Å². The van der Waals surface area contributed by atoms with Gasteiger partial charge in [-0.3, -0.25) is 4.98 Å². The number of hydrogen-bond acceptors (Lipinski definition) is 5. The summed E-state index contributed by atoms with van der Waals surface area (Å²) in [5, 5.41) is 5.53. The summed E-state index contributed by atoms with van der Waals surface area (Å²) in [6.07, 6.45) is 3.83. The summed E-state index contributed by atoms with van der Waals surface area (Å²) in [4.78, 5) is 19.3. The van der Waals surface area contributed by atoms with Crippen molar-refractivity contribution in [1.29, 1.82) is 0 Å². The monoisotopic (exact) mass is 381 g/mol. The minimum atomic E-state index is -0.171. The highest BCUT2D eigenvalue weighted by Crippen LogP contribution is 2.16. The second-order valence-corrected chi connectivity index (χ2v) is 7.12. The second kappa shape index (κ2) is 9.03. The van der Waals surface area contributed by atoms with Crippen LogP contribution in [0.4, 0.5) is 4.79 Å². The molecule has 6 nitrogen and oxygen atoms in total. The third-order valence-electron chi connectivity index (χ3n) is 3.77. The molecule has 0 bridgehead atoms. The standard InChI is InChI=1S/C17H20ClN3O3S/c18-13-8-14(10-19-9-13)24-12-15-11-21(5-6-23-15)17(22)20-4-3-16-2-1-7-25-16/h1-2,7-10,15H,3-6,11-12H2,(H,20,22). The van der Waals surface area contributed by atoms with E-state index in [1.54, 1.807) is 34.7 Å². The van der Waals surface area contributed by atoms with E-state index in [1.165, 1.54) is 4.88 Å². The van der Waals surface area contributed by atoms with Crippen molar-refractivity contribution < 1.29 is 14.3 Å². The SMILES string of the molecule is O=C(NCCc1cccs1)N1CCOC(COc2cncc(Cl)c2)C1. The quantitative estimate of drug-likeness (QED) is 0.835. The van der Waals surface area contributed by atoms with Crippen LogP contribution in [-0.4, -0.2) is 54.9 Å². The number of carbonyl (C=O) groups is 1. The first-order chi connectivity index (χ1) is 12.2. The van der Waals surface area contributed by atoms with Crippen LogP contribution in [0.2, 0.25) is 5.02 Å². The lowest BCUT2D eigenvalue weighted by Crippen LogP contribution is -2.51. The molecular weight excluding hydrogens is 362 g/mol. The Kier molecular flexibility index (Phi) is 6.49. The lowest BCUT2D eigenvalue weighted by molar-refractivity contribution is -0.0352. The Hall–Kier alpha value is -1.83. The Balaban J connectivity index is 1.41. The number of carbonyl (C=O) groups excluding carboxylic acids is 1. The molecule has 2 aromatic heterocycles. The van der Waals surface area contributed by atoms with Crippen LogP contribution >= 0.6 is 22.9 Å². The van der Waals surface area contributed by atoms with Crippen LogP contribution in [-0.2, 0) is 11.2 Å². The molecule has 1 atom stereocenters. The fraction of sp³-hybridized carbons (Fsp3) is 0.412. The molecule has 1 fully saturated rings. The molecule has 1 aliphatic rings. The summed E-state index contributed by atoms with van der Waals surface area (Å²) in [5.41, 5.74) is 0. The number of aromatic nitrogens is 1. The van der Waals surface area contributed by atoms with Gasteiger partial charge in [-0.15, -0.1) is 11.3 Å². The van der Waals surface area contributed by atoms with E-state index in [0.717, 1.165) is 6.42 Å². The smallest absolute Gasteiger partial charge is 0.317 e. The van der Waals surface area contributed by atoms with Gasteiger partial charge >= 0.3 is 6.03 Å². The number of urea groups is 1. The molecule has 25 heavy (non-hydrogen) atoms. The highest BCUT2D eigenvalue weighted by atomic mass is 35.5. The number of hydrogen-bond donors (Lipinski definition) is 1. The van der Waals surface area contributed by atoms with Crippen molar-refractivity contribution in [1.82, 2.24) is 15.2 Å². The van der Waals surface area contributed by atoms with Gasteiger partial charge in [0.1, 0.15) is 18.5 Å². The van der Waals surface area contributed by atoms with Crippen LogP contribution in [0.1, 0.15) is 4.88 Å². The molecule has 3 heterocycles. The Morgan fingerprint density at radius 3 is 3.24 bits per heavy atom. The Morgan fingerprint density at radius 1 is 1.52 bits per heavy atom. The molecule has 1 saturated heterocycles. The number of ether oxygens (including phenoxy) is 2. The molecule has 0 spiro atoms. The molecule has 1 unspecified atom stereocenters. The number of thiophene rings is 1. The lowest BCUT2D eigenvalue weighted by atomic mass is 10.3. The molecule has 0 saturated carbocycles. The van der Waals surface area contributed by atoms with Gasteiger partial charge in [0.25, 0.3) is 0 Å². The molecule has 1 N–H and O–H groups in total. The summed E-state index contributed by atoms with van der Waals surface area (Å²) >= 11 is 7.58. The van der Waals surface area contributed by atoms with E-state index in [2.05, 4.69) is 16.4 Å². The van der Waals surface area contributed by atoms with E-state index >= 15 is 0 Å². The molecule has 0 radical (unpaired) electrons. The zero-order valence-electron chi connectivity index (χ0n) is 13.7. The number of pyridine rings is 1. The molecular formula is C17H20ClN3O3S. The minimum absolute atomic E-state index is 0.0609. The third kappa shape index (κ3) is 5.59. The van der Waals surface area contributed by atoms with Crippen molar-refractivity contribution in [3.8, 4) is 5.75 Å². The fourth-order valence-electron chi connectivity index (χ4n) is 2.52. The highest BCUT2D eigenvalue weighted by molar-refractivity contribution is 7.09. The van der Waals surface area contributed by atoms with E-state index in [1.807, 2.05) is 11.4 Å². The first kappa shape index (κ1) is 18.0. The van der Waals surface area contributed by atoms with Gasteiger partial charge in [0.05, 0.1) is 24.4 Å². The van der Waals surface area contributed by atoms with Gasteiger partial charge in [-0.1, -0.05) is 17.7 Å². The fourth-order valence-corrected chi connectivity index (χ4v) is 3.40. The summed E-state index contributed by atoms with van der Waals surface area (Å²) in [6.45, 7) is 2.56. The summed E-state index contributed by atoms with van der Waals surface area (Å²) in [6, 6.07) is 5.73. The Bertz CT molecular complexity index is 684. The van der Waals surface area contributed by atoms with Gasteiger partial charge in [-0.05, 0) is 17.9 Å². The van der Waals surface area contributed by atoms with Crippen molar-refractivity contribution in [2.24, 2.45) is 0 Å². The van der Waals surface area contributed by atoms with E-state index in [4.69, 9.17) is 21.1 Å². The number of morpholine rings is 1. The van der Waals surface area contributed by atoms with Crippen LogP contribution in [0.15, 0.2) is 36.0 Å². The van der Waals surface area contributed by atoms with E-state index in [9.17, 15) is 4.79 Å². The minimum Gasteiger partial charge on any atom is -0.489 e. The summed E-state index contributed by atoms with van der Waals surface area (Å²) in [5.74, 6) is 0.591. The van der Waals surface area contributed by atoms with Crippen LogP contribution in [0.3, 0.4) is 0 Å². The van der Waals surface area contributed by atoms with Gasteiger partial charge in [-0.25, -0.2) is 4.79 Å². The number of amides is 2. The maximum absolute atomic E-state index is 12.3. The van der Waals surface area contributed by atoms with Crippen molar-refractivity contribution in [2.75, 3.05) is 32.8 Å². The predicted octanol–water partition coefficient (Wildman–Crippen LogP) is 2.83. The average Bonchev–Trinajstić information content (AvgIpc) is 3.14. The summed E-state index contributed by atoms with van der Waals surface area (Å²) < 4.78 is 11.3. The molecule has 8 heteroatoms. The lowest BCUT2D eigenvalue weighted by Gasteiger charge is -2.32. The van der Waals surface area contributed by atoms with Gasteiger partial charge in [0.2, 0.25) is 0 Å². The van der Waals surface area contributed by atoms with Gasteiger partial charge in [-0.2, -0.15) is 0 Å². The van der Waals surface area contributed by atoms with Crippen molar-refractivity contribution in [2.45, 2.75) is 12.5 Å². The Morgan fingerprint density at radius 2 is 2.44 bits per heavy atom. The largest absolute Gasteiger partial charge is 0.489 e. The molecule has 134 valence electrons. The van der Waals surface area contributed by atoms with Crippen LogP contribution in [0.25, 0.3) is 0 Å². The third-order valence-corrected chi connectivity index (χ3v) is 4.91. The maximum Gasteiger partial charge on any atom is 0.317 e. The van der Waals surface area contributed by atoms with Crippen LogP contribution in [0, 0.1) is 0 Å². The molecule has 2 amide bonds. The molecule has 1 aliphatic heterocycles. The van der Waals surface area contributed by atoms with Crippen LogP contribution < -0.4 is 10.1 Å². The first-order valence-corrected chi connectivity index (χ1v) is 9.36. The zero-order chi connectivity index (χ0) is 17.5. The molecule has 0 aromatic carbocycles. The average molecular weight is 382 g/mol. The molecule has 3 rings (SSSR count). The van der Waals surface area contributed by atoms with E-state index < -0.39 is 0 Å². The number of rotatable bonds is 6. The van der Waals surface area contributed by atoms with Crippen molar-refractivity contribution in [3.05, 3.63) is 45.9 Å². The van der Waals surface area contributed by atoms with Gasteiger partial charge in [0.15, 0.2) is 0 Å². The highest BCUT2D eigenvalue weighted by Gasteiger charge is 2.24. The molecule has 0 aliphatic carbocycles. The Labute approximate surface area is 155 Å².